The van der Waals surface area contributed by atoms with Crippen LogP contribution in [-0.4, -0.2) is 14.8 Å². The van der Waals surface area contributed by atoms with Crippen molar-refractivity contribution in [2.45, 2.75) is 13.5 Å². The Morgan fingerprint density at radius 3 is 2.67 bits per heavy atom. The minimum atomic E-state index is -0.501. The quantitative estimate of drug-likeness (QED) is 0.458. The fourth-order valence-electron chi connectivity index (χ4n) is 3.26. The highest BCUT2D eigenvalue weighted by Crippen LogP contribution is 2.32. The van der Waals surface area contributed by atoms with Crippen LogP contribution in [0.3, 0.4) is 0 Å². The first-order valence-electron chi connectivity index (χ1n) is 9.23. The lowest BCUT2D eigenvalue weighted by molar-refractivity contribution is 0.628. The second-order valence-corrected chi connectivity index (χ2v) is 7.31. The van der Waals surface area contributed by atoms with Crippen molar-refractivity contribution in [3.05, 3.63) is 76.5 Å². The molecule has 150 valence electrons. The van der Waals surface area contributed by atoms with E-state index in [1.165, 1.54) is 18.3 Å². The smallest absolute Gasteiger partial charge is 0.141 e. The summed E-state index contributed by atoms with van der Waals surface area (Å²) in [6.07, 6.45) is 1.52. The third kappa shape index (κ3) is 3.91. The van der Waals surface area contributed by atoms with E-state index >= 15 is 0 Å². The summed E-state index contributed by atoms with van der Waals surface area (Å²) in [6.45, 7) is 2.55. The normalized spacial score (nSPS) is 10.8. The summed E-state index contributed by atoms with van der Waals surface area (Å²) in [6, 6.07) is 14.3. The van der Waals surface area contributed by atoms with Gasteiger partial charge in [-0.05, 0) is 49.4 Å². The monoisotopic (exact) mass is 420 g/mol. The van der Waals surface area contributed by atoms with E-state index in [2.05, 4.69) is 26.8 Å². The van der Waals surface area contributed by atoms with Gasteiger partial charge in [0.25, 0.3) is 0 Å². The van der Waals surface area contributed by atoms with Gasteiger partial charge in [-0.1, -0.05) is 11.6 Å². The molecule has 2 N–H and O–H groups in total. The number of pyridine rings is 1. The number of rotatable bonds is 5. The van der Waals surface area contributed by atoms with Gasteiger partial charge in [0.1, 0.15) is 11.9 Å². The van der Waals surface area contributed by atoms with Crippen LogP contribution in [0.5, 0.6) is 0 Å². The lowest BCUT2D eigenvalue weighted by Gasteiger charge is -2.14. The van der Waals surface area contributed by atoms with Crippen molar-refractivity contribution in [1.82, 2.24) is 14.8 Å². The molecule has 0 saturated carbocycles. The van der Waals surface area contributed by atoms with Gasteiger partial charge in [0, 0.05) is 30.0 Å². The first-order chi connectivity index (χ1) is 14.4. The molecule has 0 bridgehead atoms. The lowest BCUT2D eigenvalue weighted by atomic mass is 10.1. The van der Waals surface area contributed by atoms with Crippen LogP contribution in [0, 0.1) is 24.1 Å². The molecule has 6 nitrogen and oxygen atoms in total. The van der Waals surface area contributed by atoms with E-state index in [-0.39, 0.29) is 5.02 Å². The minimum Gasteiger partial charge on any atom is -0.379 e. The Kier molecular flexibility index (Phi) is 5.25. The molecule has 0 radical (unpaired) electrons. The molecule has 0 fully saturated rings. The second kappa shape index (κ2) is 8.01. The minimum absolute atomic E-state index is 0.00527. The molecule has 0 amide bonds. The maximum atomic E-state index is 13.5. The van der Waals surface area contributed by atoms with Gasteiger partial charge in [-0.25, -0.2) is 4.39 Å². The number of aromatic nitrogens is 3. The van der Waals surface area contributed by atoms with Gasteiger partial charge in [0.05, 0.1) is 39.7 Å². The highest BCUT2D eigenvalue weighted by atomic mass is 35.5. The summed E-state index contributed by atoms with van der Waals surface area (Å²) in [5, 5.41) is 21.3. The van der Waals surface area contributed by atoms with E-state index in [4.69, 9.17) is 11.6 Å². The molecule has 30 heavy (non-hydrogen) atoms. The Bertz CT molecular complexity index is 1290. The fourth-order valence-corrected chi connectivity index (χ4v) is 3.44. The molecule has 0 saturated heterocycles. The van der Waals surface area contributed by atoms with Gasteiger partial charge in [0.2, 0.25) is 0 Å². The molecule has 0 aliphatic carbocycles. The van der Waals surface area contributed by atoms with Crippen LogP contribution in [0.25, 0.3) is 10.9 Å². The summed E-state index contributed by atoms with van der Waals surface area (Å²) in [5.74, 6) is -0.501. The number of nitrogens with one attached hydrogen (secondary N) is 2. The zero-order valence-corrected chi connectivity index (χ0v) is 17.1. The molecule has 0 aliphatic rings. The molecule has 0 atom stereocenters. The van der Waals surface area contributed by atoms with Gasteiger partial charge in [-0.3, -0.25) is 9.67 Å². The standard InChI is InChI=1S/C22H18ClFN6/c1-13-7-17(30(2)29-13)12-26-15-4-6-21-18(8-15)22(14(10-25)11-27-21)28-16-3-5-20(24)19(23)9-16/h3-9,11,26H,12H2,1-2H3,(H,27,28). The van der Waals surface area contributed by atoms with E-state index < -0.39 is 5.82 Å². The zero-order chi connectivity index (χ0) is 21.3. The molecule has 2 aromatic heterocycles. The van der Waals surface area contributed by atoms with Gasteiger partial charge in [-0.15, -0.1) is 0 Å². The number of anilines is 3. The average Bonchev–Trinajstić information content (AvgIpc) is 3.06. The predicted octanol–water partition coefficient (Wildman–Crippen LogP) is 5.30. The average molecular weight is 421 g/mol. The molecule has 8 heteroatoms. The van der Waals surface area contributed by atoms with Gasteiger partial charge in [0.15, 0.2) is 0 Å². The molecule has 0 aliphatic heterocycles. The van der Waals surface area contributed by atoms with E-state index in [0.29, 0.717) is 23.5 Å². The predicted molar refractivity (Wildman–Crippen MR) is 116 cm³/mol. The molecule has 0 spiro atoms. The molecule has 2 aromatic carbocycles. The number of benzene rings is 2. The SMILES string of the molecule is Cc1cc(CNc2ccc3ncc(C#N)c(Nc4ccc(F)c(Cl)c4)c3c2)n(C)n1. The van der Waals surface area contributed by atoms with Crippen molar-refractivity contribution in [3.63, 3.8) is 0 Å². The van der Waals surface area contributed by atoms with Crippen LogP contribution in [0.1, 0.15) is 17.0 Å². The van der Waals surface area contributed by atoms with Crippen molar-refractivity contribution in [3.8, 4) is 6.07 Å². The topological polar surface area (TPSA) is 78.6 Å². The maximum Gasteiger partial charge on any atom is 0.141 e. The third-order valence-corrected chi connectivity index (χ3v) is 5.04. The van der Waals surface area contributed by atoms with Crippen molar-refractivity contribution in [2.75, 3.05) is 10.6 Å². The highest BCUT2D eigenvalue weighted by molar-refractivity contribution is 6.31. The number of nitriles is 1. The Labute approximate surface area is 177 Å². The Hall–Kier alpha value is -3.63. The van der Waals surface area contributed by atoms with Crippen LogP contribution in [0.15, 0.2) is 48.7 Å². The summed E-state index contributed by atoms with van der Waals surface area (Å²) >= 11 is 5.90. The van der Waals surface area contributed by atoms with Crippen molar-refractivity contribution in [1.29, 1.82) is 5.26 Å². The van der Waals surface area contributed by atoms with Crippen molar-refractivity contribution < 1.29 is 4.39 Å². The van der Waals surface area contributed by atoms with Crippen molar-refractivity contribution >= 4 is 39.6 Å². The number of nitrogens with zero attached hydrogens (tertiary/aromatic N) is 4. The van der Waals surface area contributed by atoms with Crippen LogP contribution in [0.2, 0.25) is 5.02 Å². The highest BCUT2D eigenvalue weighted by Gasteiger charge is 2.12. The summed E-state index contributed by atoms with van der Waals surface area (Å²) in [4.78, 5) is 4.37. The van der Waals surface area contributed by atoms with Crippen LogP contribution >= 0.6 is 11.6 Å². The number of aryl methyl sites for hydroxylation is 2. The molecule has 4 rings (SSSR count). The molecule has 4 aromatic rings. The van der Waals surface area contributed by atoms with E-state index in [0.717, 1.165) is 28.0 Å². The fraction of sp³-hybridized carbons (Fsp3) is 0.136. The largest absolute Gasteiger partial charge is 0.379 e. The number of halogens is 2. The van der Waals surface area contributed by atoms with E-state index in [1.54, 1.807) is 6.07 Å². The van der Waals surface area contributed by atoms with Gasteiger partial charge < -0.3 is 10.6 Å². The third-order valence-electron chi connectivity index (χ3n) is 4.75. The van der Waals surface area contributed by atoms with Crippen LogP contribution < -0.4 is 10.6 Å². The Morgan fingerprint density at radius 2 is 1.97 bits per heavy atom. The summed E-state index contributed by atoms with van der Waals surface area (Å²) < 4.78 is 15.3. The lowest BCUT2D eigenvalue weighted by Crippen LogP contribution is -2.05. The maximum absolute atomic E-state index is 13.5. The number of hydrogen-bond acceptors (Lipinski definition) is 5. The Morgan fingerprint density at radius 1 is 1.17 bits per heavy atom. The van der Waals surface area contributed by atoms with E-state index in [1.807, 2.05) is 42.9 Å². The molecule has 2 heterocycles. The summed E-state index contributed by atoms with van der Waals surface area (Å²) in [7, 11) is 1.91. The van der Waals surface area contributed by atoms with Gasteiger partial charge >= 0.3 is 0 Å². The first kappa shape index (κ1) is 19.7. The zero-order valence-electron chi connectivity index (χ0n) is 16.4. The van der Waals surface area contributed by atoms with Gasteiger partial charge in [-0.2, -0.15) is 10.4 Å². The van der Waals surface area contributed by atoms with Crippen molar-refractivity contribution in [2.24, 2.45) is 7.05 Å². The Balaban J connectivity index is 1.70. The van der Waals surface area contributed by atoms with Crippen LogP contribution in [0.4, 0.5) is 21.5 Å². The van der Waals surface area contributed by atoms with E-state index in [9.17, 15) is 9.65 Å². The number of hydrogen-bond donors (Lipinski definition) is 2. The first-order valence-corrected chi connectivity index (χ1v) is 9.60. The molecule has 0 unspecified atom stereocenters. The number of fused-ring (bicyclic) bond motifs is 1. The second-order valence-electron chi connectivity index (χ2n) is 6.90. The molecular formula is C22H18ClFN6. The molecular weight excluding hydrogens is 403 g/mol. The summed E-state index contributed by atoms with van der Waals surface area (Å²) in [5.41, 5.74) is 5.16. The van der Waals surface area contributed by atoms with Crippen LogP contribution in [-0.2, 0) is 13.6 Å².